The summed E-state index contributed by atoms with van der Waals surface area (Å²) in [4.78, 5) is 23.0. The monoisotopic (exact) mass is 329 g/mol. The molecule has 122 valence electrons. The number of anilines is 1. The van der Waals surface area contributed by atoms with Crippen molar-refractivity contribution in [1.82, 2.24) is 0 Å². The van der Waals surface area contributed by atoms with Crippen LogP contribution in [0.15, 0.2) is 29.2 Å². The molecule has 0 saturated carbocycles. The molecule has 1 aromatic carbocycles. The van der Waals surface area contributed by atoms with E-state index in [-0.39, 0.29) is 29.2 Å². The molecule has 0 spiro atoms. The Morgan fingerprint density at radius 3 is 2.41 bits per heavy atom. The van der Waals surface area contributed by atoms with E-state index >= 15 is 0 Å². The van der Waals surface area contributed by atoms with Crippen molar-refractivity contribution in [3.05, 3.63) is 24.3 Å². The number of hydrogen-bond donors (Lipinski definition) is 2. The molecule has 1 rings (SSSR count). The fraction of sp³-hybridized carbons (Fsp3) is 0.429. The van der Waals surface area contributed by atoms with E-state index in [0.29, 0.717) is 0 Å². The van der Waals surface area contributed by atoms with Gasteiger partial charge in [-0.25, -0.2) is 0 Å². The molecule has 7 nitrogen and oxygen atoms in total. The number of benzene rings is 1. The van der Waals surface area contributed by atoms with E-state index in [0.717, 1.165) is 0 Å². The third-order valence-electron chi connectivity index (χ3n) is 3.46. The SMILES string of the molecule is COC(C)(CCC(=O)Nc1ccccc1S(=O)(=O)O)C(C)=O. The van der Waals surface area contributed by atoms with Crippen LogP contribution < -0.4 is 5.32 Å². The summed E-state index contributed by atoms with van der Waals surface area (Å²) in [7, 11) is -3.05. The molecule has 1 atom stereocenters. The van der Waals surface area contributed by atoms with Gasteiger partial charge in [0.15, 0.2) is 5.78 Å². The average Bonchev–Trinajstić information content (AvgIpc) is 2.44. The van der Waals surface area contributed by atoms with Gasteiger partial charge in [-0.15, -0.1) is 0 Å². The first-order valence-electron chi connectivity index (χ1n) is 6.53. The minimum absolute atomic E-state index is 0.0167. The first-order valence-corrected chi connectivity index (χ1v) is 7.97. The molecule has 0 aliphatic heterocycles. The summed E-state index contributed by atoms with van der Waals surface area (Å²) in [5, 5.41) is 2.41. The lowest BCUT2D eigenvalue weighted by molar-refractivity contribution is -0.138. The Hall–Kier alpha value is -1.77. The highest BCUT2D eigenvalue weighted by molar-refractivity contribution is 7.86. The highest BCUT2D eigenvalue weighted by Gasteiger charge is 2.30. The molecule has 0 aromatic heterocycles. The molecule has 1 aromatic rings. The van der Waals surface area contributed by atoms with E-state index in [1.165, 1.54) is 38.3 Å². The molecule has 2 N–H and O–H groups in total. The number of amides is 1. The molecule has 0 aliphatic carbocycles. The van der Waals surface area contributed by atoms with E-state index < -0.39 is 21.6 Å². The maximum absolute atomic E-state index is 11.9. The Kier molecular flexibility index (Phi) is 5.81. The van der Waals surface area contributed by atoms with Gasteiger partial charge in [-0.2, -0.15) is 8.42 Å². The van der Waals surface area contributed by atoms with E-state index in [9.17, 15) is 18.0 Å². The van der Waals surface area contributed by atoms with Gasteiger partial charge in [0.1, 0.15) is 10.5 Å². The molecular weight excluding hydrogens is 310 g/mol. The first kappa shape index (κ1) is 18.3. The molecule has 8 heteroatoms. The normalized spacial score (nSPS) is 14.2. The van der Waals surface area contributed by atoms with Crippen LogP contribution in [0.3, 0.4) is 0 Å². The molecule has 1 amide bonds. The van der Waals surface area contributed by atoms with Gasteiger partial charge in [0.25, 0.3) is 10.1 Å². The first-order chi connectivity index (χ1) is 10.1. The summed E-state index contributed by atoms with van der Waals surface area (Å²) < 4.78 is 36.7. The number of carbonyl (C=O) groups is 2. The summed E-state index contributed by atoms with van der Waals surface area (Å²) in [6, 6.07) is 5.50. The predicted octanol–water partition coefficient (Wildman–Crippen LogP) is 1.65. The quantitative estimate of drug-likeness (QED) is 0.736. The number of carbonyl (C=O) groups excluding carboxylic acids is 2. The lowest BCUT2D eigenvalue weighted by atomic mass is 9.95. The Bertz CT molecular complexity index is 670. The summed E-state index contributed by atoms with van der Waals surface area (Å²) >= 11 is 0. The van der Waals surface area contributed by atoms with Gasteiger partial charge in [-0.3, -0.25) is 14.1 Å². The molecule has 0 saturated heterocycles. The zero-order valence-corrected chi connectivity index (χ0v) is 13.4. The maximum Gasteiger partial charge on any atom is 0.296 e. The van der Waals surface area contributed by atoms with Gasteiger partial charge in [0.2, 0.25) is 5.91 Å². The van der Waals surface area contributed by atoms with Gasteiger partial charge in [0, 0.05) is 13.5 Å². The number of rotatable bonds is 7. The molecular formula is C14H19NO6S. The number of methoxy groups -OCH3 is 1. The third-order valence-corrected chi connectivity index (χ3v) is 4.38. The van der Waals surface area contributed by atoms with Crippen molar-refractivity contribution in [2.75, 3.05) is 12.4 Å². The van der Waals surface area contributed by atoms with Gasteiger partial charge in [-0.05, 0) is 32.4 Å². The summed E-state index contributed by atoms with van der Waals surface area (Å²) in [5.74, 6) is -0.693. The van der Waals surface area contributed by atoms with Crippen LogP contribution in [0.25, 0.3) is 0 Å². The Morgan fingerprint density at radius 2 is 1.91 bits per heavy atom. The van der Waals surface area contributed by atoms with E-state index in [4.69, 9.17) is 9.29 Å². The van der Waals surface area contributed by atoms with Crippen LogP contribution in [0.5, 0.6) is 0 Å². The van der Waals surface area contributed by atoms with Crippen LogP contribution in [0.4, 0.5) is 5.69 Å². The van der Waals surface area contributed by atoms with Gasteiger partial charge in [-0.1, -0.05) is 12.1 Å². The van der Waals surface area contributed by atoms with Gasteiger partial charge >= 0.3 is 0 Å². The van der Waals surface area contributed by atoms with Crippen molar-refractivity contribution < 1.29 is 27.3 Å². The smallest absolute Gasteiger partial charge is 0.296 e. The molecule has 1 unspecified atom stereocenters. The molecule has 0 fully saturated rings. The highest BCUT2D eigenvalue weighted by Crippen LogP contribution is 2.22. The van der Waals surface area contributed by atoms with Crippen molar-refractivity contribution in [2.45, 2.75) is 37.2 Å². The van der Waals surface area contributed by atoms with Crippen LogP contribution >= 0.6 is 0 Å². The third kappa shape index (κ3) is 4.62. The van der Waals surface area contributed by atoms with Gasteiger partial charge < -0.3 is 10.1 Å². The lowest BCUT2D eigenvalue weighted by Crippen LogP contribution is -2.36. The Morgan fingerprint density at radius 1 is 1.32 bits per heavy atom. The number of nitrogens with one attached hydrogen (secondary N) is 1. The number of para-hydroxylation sites is 1. The van der Waals surface area contributed by atoms with Crippen molar-refractivity contribution >= 4 is 27.5 Å². The second kappa shape index (κ2) is 6.99. The Labute approximate surface area is 129 Å². The van der Waals surface area contributed by atoms with E-state index in [2.05, 4.69) is 5.32 Å². The predicted molar refractivity (Wildman–Crippen MR) is 80.2 cm³/mol. The molecule has 22 heavy (non-hydrogen) atoms. The highest BCUT2D eigenvalue weighted by atomic mass is 32.2. The number of ketones is 1. The average molecular weight is 329 g/mol. The van der Waals surface area contributed by atoms with E-state index in [1.54, 1.807) is 6.92 Å². The fourth-order valence-electron chi connectivity index (χ4n) is 1.78. The summed E-state index contributed by atoms with van der Waals surface area (Å²) in [5.41, 5.74) is -1.09. The fourth-order valence-corrected chi connectivity index (χ4v) is 2.43. The maximum atomic E-state index is 11.9. The van der Waals surface area contributed by atoms with Crippen molar-refractivity contribution in [3.63, 3.8) is 0 Å². The summed E-state index contributed by atoms with van der Waals surface area (Å²) in [6.45, 7) is 2.95. The minimum atomic E-state index is -4.43. The van der Waals surface area contributed by atoms with Gasteiger partial charge in [0.05, 0.1) is 5.69 Å². The standard InChI is InChI=1S/C14H19NO6S/c1-10(16)14(2,21-3)9-8-13(17)15-11-6-4-5-7-12(11)22(18,19)20/h4-7H,8-9H2,1-3H3,(H,15,17)(H,18,19,20). The molecule has 0 aliphatic rings. The molecule has 0 heterocycles. The zero-order chi connectivity index (χ0) is 17.0. The minimum Gasteiger partial charge on any atom is -0.371 e. The van der Waals surface area contributed by atoms with Crippen molar-refractivity contribution in [2.24, 2.45) is 0 Å². The van der Waals surface area contributed by atoms with Crippen LogP contribution in [0.2, 0.25) is 0 Å². The second-order valence-corrected chi connectivity index (χ2v) is 6.40. The van der Waals surface area contributed by atoms with Crippen molar-refractivity contribution in [1.29, 1.82) is 0 Å². The molecule has 0 bridgehead atoms. The second-order valence-electron chi connectivity index (χ2n) is 5.01. The number of hydrogen-bond acceptors (Lipinski definition) is 5. The van der Waals surface area contributed by atoms with Crippen LogP contribution in [-0.4, -0.2) is 37.4 Å². The van der Waals surface area contributed by atoms with Crippen LogP contribution in [0.1, 0.15) is 26.7 Å². The number of ether oxygens (including phenoxy) is 1. The summed E-state index contributed by atoms with van der Waals surface area (Å²) in [6.07, 6.45) is 0.114. The van der Waals surface area contributed by atoms with Crippen LogP contribution in [-0.2, 0) is 24.4 Å². The zero-order valence-electron chi connectivity index (χ0n) is 12.6. The lowest BCUT2D eigenvalue weighted by Gasteiger charge is -2.24. The number of Topliss-reactive ketones (excluding diaryl/α,β-unsaturated/α-hetero) is 1. The van der Waals surface area contributed by atoms with Crippen LogP contribution in [0, 0.1) is 0 Å². The largest absolute Gasteiger partial charge is 0.371 e. The van der Waals surface area contributed by atoms with E-state index in [1.807, 2.05) is 0 Å². The van der Waals surface area contributed by atoms with Crippen molar-refractivity contribution in [3.8, 4) is 0 Å². The molecule has 0 radical (unpaired) electrons. The topological polar surface area (TPSA) is 110 Å². The Balaban J connectivity index is 2.81.